The second-order valence-electron chi connectivity index (χ2n) is 5.54. The fourth-order valence-electron chi connectivity index (χ4n) is 2.51. The highest BCUT2D eigenvalue weighted by molar-refractivity contribution is 5.72. The molecule has 2 aromatic rings. The molecule has 24 heavy (non-hydrogen) atoms. The van der Waals surface area contributed by atoms with Crippen molar-refractivity contribution in [3.8, 4) is 0 Å². The SMILES string of the molecule is Cc1ccnc(Nc2ncnc(NCC3CCCO3)c2[N+](=O)[O-])c1. The molecule has 3 heterocycles. The van der Waals surface area contributed by atoms with E-state index in [9.17, 15) is 10.1 Å². The van der Waals surface area contributed by atoms with Gasteiger partial charge in [0.15, 0.2) is 0 Å². The molecule has 0 spiro atoms. The first-order valence-corrected chi connectivity index (χ1v) is 7.68. The normalized spacial score (nSPS) is 16.8. The van der Waals surface area contributed by atoms with Crippen LogP contribution in [0.2, 0.25) is 0 Å². The smallest absolute Gasteiger partial charge is 0.353 e. The van der Waals surface area contributed by atoms with Gasteiger partial charge in [-0.15, -0.1) is 0 Å². The number of nitrogens with zero attached hydrogens (tertiary/aromatic N) is 4. The van der Waals surface area contributed by atoms with Crippen molar-refractivity contribution in [3.63, 3.8) is 0 Å². The minimum absolute atomic E-state index is 0.0504. The Balaban J connectivity index is 1.82. The Kier molecular flexibility index (Phi) is 4.80. The Hall–Kier alpha value is -2.81. The molecule has 126 valence electrons. The molecule has 0 aliphatic carbocycles. The van der Waals surface area contributed by atoms with Crippen LogP contribution in [0, 0.1) is 17.0 Å². The Bertz CT molecular complexity index is 733. The Labute approximate surface area is 138 Å². The van der Waals surface area contributed by atoms with E-state index in [1.165, 1.54) is 6.33 Å². The fourth-order valence-corrected chi connectivity index (χ4v) is 2.51. The molecule has 0 radical (unpaired) electrons. The number of nitro groups is 1. The zero-order chi connectivity index (χ0) is 16.9. The fraction of sp³-hybridized carbons (Fsp3) is 0.400. The zero-order valence-corrected chi connectivity index (χ0v) is 13.2. The van der Waals surface area contributed by atoms with Crippen LogP contribution in [-0.2, 0) is 4.74 Å². The van der Waals surface area contributed by atoms with Crippen molar-refractivity contribution in [1.29, 1.82) is 0 Å². The van der Waals surface area contributed by atoms with Gasteiger partial charge in [-0.2, -0.15) is 0 Å². The average molecular weight is 330 g/mol. The molecule has 1 saturated heterocycles. The summed E-state index contributed by atoms with van der Waals surface area (Å²) in [6, 6.07) is 3.62. The van der Waals surface area contributed by atoms with E-state index in [1.54, 1.807) is 12.3 Å². The third kappa shape index (κ3) is 3.74. The van der Waals surface area contributed by atoms with Gasteiger partial charge in [-0.25, -0.2) is 15.0 Å². The molecule has 2 aromatic heterocycles. The largest absolute Gasteiger partial charge is 0.376 e. The molecular weight excluding hydrogens is 312 g/mol. The van der Waals surface area contributed by atoms with Crippen LogP contribution < -0.4 is 10.6 Å². The molecule has 1 fully saturated rings. The molecule has 1 atom stereocenters. The van der Waals surface area contributed by atoms with Crippen molar-refractivity contribution in [1.82, 2.24) is 15.0 Å². The highest BCUT2D eigenvalue weighted by atomic mass is 16.6. The summed E-state index contributed by atoms with van der Waals surface area (Å²) in [5.41, 5.74) is 0.778. The van der Waals surface area contributed by atoms with Crippen LogP contribution in [0.25, 0.3) is 0 Å². The molecule has 1 unspecified atom stereocenters. The van der Waals surface area contributed by atoms with E-state index in [2.05, 4.69) is 25.6 Å². The van der Waals surface area contributed by atoms with Gasteiger partial charge in [0, 0.05) is 19.3 Å². The van der Waals surface area contributed by atoms with Crippen molar-refractivity contribution < 1.29 is 9.66 Å². The van der Waals surface area contributed by atoms with E-state index in [4.69, 9.17) is 4.74 Å². The monoisotopic (exact) mass is 330 g/mol. The average Bonchev–Trinajstić information content (AvgIpc) is 3.06. The summed E-state index contributed by atoms with van der Waals surface area (Å²) in [5, 5.41) is 17.4. The number of ether oxygens (including phenoxy) is 1. The quantitative estimate of drug-likeness (QED) is 0.613. The third-order valence-corrected chi connectivity index (χ3v) is 3.69. The van der Waals surface area contributed by atoms with Crippen molar-refractivity contribution in [3.05, 3.63) is 40.3 Å². The zero-order valence-electron chi connectivity index (χ0n) is 13.2. The predicted molar refractivity (Wildman–Crippen MR) is 88.4 cm³/mol. The van der Waals surface area contributed by atoms with Gasteiger partial charge in [0.25, 0.3) is 0 Å². The number of hydrogen-bond donors (Lipinski definition) is 2. The number of nitrogens with one attached hydrogen (secondary N) is 2. The summed E-state index contributed by atoms with van der Waals surface area (Å²) in [6.45, 7) is 3.11. The second kappa shape index (κ2) is 7.18. The lowest BCUT2D eigenvalue weighted by Gasteiger charge is -2.12. The van der Waals surface area contributed by atoms with Crippen LogP contribution >= 0.6 is 0 Å². The molecule has 1 aliphatic rings. The summed E-state index contributed by atoms with van der Waals surface area (Å²) < 4.78 is 5.51. The minimum atomic E-state index is -0.504. The highest BCUT2D eigenvalue weighted by Gasteiger charge is 2.24. The van der Waals surface area contributed by atoms with Gasteiger partial charge in [-0.3, -0.25) is 10.1 Å². The summed E-state index contributed by atoms with van der Waals surface area (Å²) >= 11 is 0. The van der Waals surface area contributed by atoms with Crippen molar-refractivity contribution in [2.45, 2.75) is 25.9 Å². The summed E-state index contributed by atoms with van der Waals surface area (Å²) in [4.78, 5) is 23.1. The maximum Gasteiger partial charge on any atom is 0.353 e. The number of hydrogen-bond acceptors (Lipinski definition) is 8. The highest BCUT2D eigenvalue weighted by Crippen LogP contribution is 2.31. The standard InChI is InChI=1S/C15H18N6O3/c1-10-4-5-16-12(7-10)20-15-13(21(22)23)14(18-9-19-15)17-8-11-3-2-6-24-11/h4-5,7,9,11H,2-3,6,8H2,1H3,(H2,16,17,18,19,20). The van der Waals surface area contributed by atoms with Crippen LogP contribution in [-0.4, -0.2) is 39.1 Å². The van der Waals surface area contributed by atoms with Gasteiger partial charge in [0.2, 0.25) is 11.6 Å². The summed E-state index contributed by atoms with van der Waals surface area (Å²) in [6.07, 6.45) is 4.90. The Morgan fingerprint density at radius 3 is 2.92 bits per heavy atom. The van der Waals surface area contributed by atoms with Crippen LogP contribution in [0.3, 0.4) is 0 Å². The number of pyridine rings is 1. The van der Waals surface area contributed by atoms with Gasteiger partial charge >= 0.3 is 5.69 Å². The van der Waals surface area contributed by atoms with Gasteiger partial charge in [-0.05, 0) is 37.5 Å². The molecule has 9 nitrogen and oxygen atoms in total. The molecule has 9 heteroatoms. The summed E-state index contributed by atoms with van der Waals surface area (Å²) in [5.74, 6) is 0.755. The van der Waals surface area contributed by atoms with E-state index in [0.29, 0.717) is 12.4 Å². The van der Waals surface area contributed by atoms with Gasteiger partial charge in [0.1, 0.15) is 12.1 Å². The molecule has 2 N–H and O–H groups in total. The van der Waals surface area contributed by atoms with Crippen molar-refractivity contribution in [2.24, 2.45) is 0 Å². The molecule has 1 aliphatic heterocycles. The van der Waals surface area contributed by atoms with Crippen LogP contribution in [0.4, 0.5) is 23.1 Å². The number of anilines is 3. The summed E-state index contributed by atoms with van der Waals surface area (Å²) in [7, 11) is 0. The topological polar surface area (TPSA) is 115 Å². The predicted octanol–water partition coefficient (Wildman–Crippen LogP) is 2.42. The first-order valence-electron chi connectivity index (χ1n) is 7.68. The molecule has 0 bridgehead atoms. The Morgan fingerprint density at radius 2 is 2.21 bits per heavy atom. The van der Waals surface area contributed by atoms with E-state index in [0.717, 1.165) is 25.0 Å². The first-order chi connectivity index (χ1) is 11.6. The van der Waals surface area contributed by atoms with Gasteiger partial charge < -0.3 is 15.4 Å². The van der Waals surface area contributed by atoms with Crippen molar-refractivity contribution >= 4 is 23.1 Å². The second-order valence-corrected chi connectivity index (χ2v) is 5.54. The van der Waals surface area contributed by atoms with Crippen LogP contribution in [0.5, 0.6) is 0 Å². The molecular formula is C15H18N6O3. The van der Waals surface area contributed by atoms with E-state index in [1.807, 2.05) is 13.0 Å². The molecule has 3 rings (SSSR count). The number of rotatable bonds is 6. The maximum absolute atomic E-state index is 11.5. The molecule has 0 aromatic carbocycles. The number of aryl methyl sites for hydroxylation is 1. The van der Waals surface area contributed by atoms with Gasteiger partial charge in [-0.1, -0.05) is 0 Å². The van der Waals surface area contributed by atoms with Crippen molar-refractivity contribution in [2.75, 3.05) is 23.8 Å². The number of aromatic nitrogens is 3. The Morgan fingerprint density at radius 1 is 1.38 bits per heavy atom. The third-order valence-electron chi connectivity index (χ3n) is 3.69. The first kappa shape index (κ1) is 16.1. The molecule has 0 amide bonds. The lowest BCUT2D eigenvalue weighted by Crippen LogP contribution is -2.20. The lowest BCUT2D eigenvalue weighted by atomic mass is 10.2. The maximum atomic E-state index is 11.5. The molecule has 0 saturated carbocycles. The van der Waals surface area contributed by atoms with E-state index < -0.39 is 4.92 Å². The van der Waals surface area contributed by atoms with E-state index >= 15 is 0 Å². The lowest BCUT2D eigenvalue weighted by molar-refractivity contribution is -0.383. The van der Waals surface area contributed by atoms with E-state index in [-0.39, 0.29) is 23.4 Å². The van der Waals surface area contributed by atoms with Crippen LogP contribution in [0.15, 0.2) is 24.7 Å². The van der Waals surface area contributed by atoms with Gasteiger partial charge in [0.05, 0.1) is 11.0 Å². The minimum Gasteiger partial charge on any atom is -0.376 e. The van der Waals surface area contributed by atoms with Crippen LogP contribution in [0.1, 0.15) is 18.4 Å².